The molecule has 2 rings (SSSR count). The highest BCUT2D eigenvalue weighted by atomic mass is 32.2. The van der Waals surface area contributed by atoms with E-state index in [1.807, 2.05) is 0 Å². The molecule has 1 atom stereocenters. The summed E-state index contributed by atoms with van der Waals surface area (Å²) in [6, 6.07) is 1.66. The van der Waals surface area contributed by atoms with Crippen LogP contribution >= 0.6 is 23.5 Å². The Bertz CT molecular complexity index is 161. The lowest BCUT2D eigenvalue weighted by molar-refractivity contribution is 0.351. The smallest absolute Gasteiger partial charge is 0.0168 e. The molecule has 0 aromatic heterocycles. The Morgan fingerprint density at radius 2 is 1.86 bits per heavy atom. The topological polar surface area (TPSA) is 12.0 Å². The number of rotatable bonds is 3. The van der Waals surface area contributed by atoms with E-state index in [1.165, 1.54) is 43.6 Å². The molecule has 82 valence electrons. The zero-order valence-corrected chi connectivity index (χ0v) is 10.6. The van der Waals surface area contributed by atoms with Crippen molar-refractivity contribution in [1.82, 2.24) is 5.32 Å². The van der Waals surface area contributed by atoms with E-state index in [1.54, 1.807) is 0 Å². The lowest BCUT2D eigenvalue weighted by Crippen LogP contribution is -2.40. The number of thioether (sulfide) groups is 2. The molecule has 1 saturated carbocycles. The van der Waals surface area contributed by atoms with Gasteiger partial charge in [0.1, 0.15) is 0 Å². The molecule has 1 nitrogen and oxygen atoms in total. The van der Waals surface area contributed by atoms with Gasteiger partial charge < -0.3 is 5.32 Å². The molecule has 1 aliphatic carbocycles. The highest BCUT2D eigenvalue weighted by Crippen LogP contribution is 2.28. The Morgan fingerprint density at radius 1 is 1.07 bits per heavy atom. The average Bonchev–Trinajstić information content (AvgIpc) is 2.72. The largest absolute Gasteiger partial charge is 0.310 e. The minimum absolute atomic E-state index is 0.829. The summed E-state index contributed by atoms with van der Waals surface area (Å²) >= 11 is 4.17. The van der Waals surface area contributed by atoms with E-state index in [0.717, 1.165) is 17.3 Å². The van der Waals surface area contributed by atoms with Crippen LogP contribution in [0.5, 0.6) is 0 Å². The van der Waals surface area contributed by atoms with Crippen molar-refractivity contribution in [3.8, 4) is 0 Å². The maximum Gasteiger partial charge on any atom is 0.0168 e. The minimum Gasteiger partial charge on any atom is -0.310 e. The van der Waals surface area contributed by atoms with Crippen molar-refractivity contribution in [2.24, 2.45) is 0 Å². The molecule has 14 heavy (non-hydrogen) atoms. The monoisotopic (exact) mass is 231 g/mol. The highest BCUT2D eigenvalue weighted by molar-refractivity contribution is 7.99. The van der Waals surface area contributed by atoms with Gasteiger partial charge in [-0.1, -0.05) is 0 Å². The van der Waals surface area contributed by atoms with Crippen LogP contribution in [0.25, 0.3) is 0 Å². The molecule has 0 amide bonds. The van der Waals surface area contributed by atoms with Crippen molar-refractivity contribution in [1.29, 1.82) is 0 Å². The Hall–Kier alpha value is 0.660. The SMILES string of the molecule is CSC1CCC(NC2CCSC2)CC1. The lowest BCUT2D eigenvalue weighted by Gasteiger charge is -2.30. The fourth-order valence-electron chi connectivity index (χ4n) is 2.46. The molecule has 1 unspecified atom stereocenters. The standard InChI is InChI=1S/C11H21NS2/c1-13-11-4-2-9(3-5-11)12-10-6-7-14-8-10/h9-12H,2-8H2,1H3. The summed E-state index contributed by atoms with van der Waals surface area (Å²) in [6.07, 6.45) is 9.33. The second-order valence-electron chi connectivity index (χ2n) is 4.44. The molecule has 1 aliphatic heterocycles. The predicted octanol–water partition coefficient (Wildman–Crippen LogP) is 2.76. The van der Waals surface area contributed by atoms with Gasteiger partial charge in [0.15, 0.2) is 0 Å². The van der Waals surface area contributed by atoms with Crippen LogP contribution in [0.4, 0.5) is 0 Å². The molecule has 0 radical (unpaired) electrons. The molecule has 0 bridgehead atoms. The fourth-order valence-corrected chi connectivity index (χ4v) is 4.37. The first-order valence-electron chi connectivity index (χ1n) is 5.75. The third-order valence-electron chi connectivity index (χ3n) is 3.41. The predicted molar refractivity (Wildman–Crippen MR) is 68.4 cm³/mol. The van der Waals surface area contributed by atoms with Gasteiger partial charge >= 0.3 is 0 Å². The first-order chi connectivity index (χ1) is 6.88. The van der Waals surface area contributed by atoms with E-state index in [0.29, 0.717) is 0 Å². The Labute approximate surface area is 96.2 Å². The van der Waals surface area contributed by atoms with Crippen molar-refractivity contribution < 1.29 is 0 Å². The summed E-state index contributed by atoms with van der Waals surface area (Å²) in [7, 11) is 0. The van der Waals surface area contributed by atoms with E-state index < -0.39 is 0 Å². The quantitative estimate of drug-likeness (QED) is 0.802. The summed E-state index contributed by atoms with van der Waals surface area (Å²) in [5.41, 5.74) is 0. The maximum absolute atomic E-state index is 3.83. The van der Waals surface area contributed by atoms with Gasteiger partial charge in [0, 0.05) is 23.1 Å². The summed E-state index contributed by atoms with van der Waals surface area (Å²) < 4.78 is 0. The summed E-state index contributed by atoms with van der Waals surface area (Å²) in [6.45, 7) is 0. The normalized spacial score (nSPS) is 38.8. The van der Waals surface area contributed by atoms with Gasteiger partial charge in [0.05, 0.1) is 0 Å². The highest BCUT2D eigenvalue weighted by Gasteiger charge is 2.24. The average molecular weight is 231 g/mol. The Kier molecular flexibility index (Phi) is 4.51. The first-order valence-corrected chi connectivity index (χ1v) is 8.19. The molecule has 0 aromatic carbocycles. The maximum atomic E-state index is 3.83. The molecule has 0 aromatic rings. The molecule has 2 fully saturated rings. The summed E-state index contributed by atoms with van der Waals surface area (Å²) in [5, 5.41) is 4.78. The van der Waals surface area contributed by atoms with Crippen molar-refractivity contribution in [2.75, 3.05) is 17.8 Å². The van der Waals surface area contributed by atoms with Crippen molar-refractivity contribution in [3.63, 3.8) is 0 Å². The second kappa shape index (κ2) is 5.66. The summed E-state index contributed by atoms with van der Waals surface area (Å²) in [4.78, 5) is 0. The van der Waals surface area contributed by atoms with Gasteiger partial charge in [0.2, 0.25) is 0 Å². The number of hydrogen-bond acceptors (Lipinski definition) is 3. The van der Waals surface area contributed by atoms with Crippen LogP contribution in [-0.4, -0.2) is 35.1 Å². The zero-order chi connectivity index (χ0) is 9.80. The van der Waals surface area contributed by atoms with Crippen molar-refractivity contribution >= 4 is 23.5 Å². The van der Waals surface area contributed by atoms with Gasteiger partial charge in [0.25, 0.3) is 0 Å². The van der Waals surface area contributed by atoms with E-state index >= 15 is 0 Å². The molecular formula is C11H21NS2. The van der Waals surface area contributed by atoms with E-state index in [4.69, 9.17) is 0 Å². The number of nitrogens with one attached hydrogen (secondary N) is 1. The first kappa shape index (κ1) is 11.2. The van der Waals surface area contributed by atoms with E-state index in [2.05, 4.69) is 35.1 Å². The van der Waals surface area contributed by atoms with Crippen LogP contribution in [0, 0.1) is 0 Å². The number of hydrogen-bond donors (Lipinski definition) is 1. The van der Waals surface area contributed by atoms with Crippen molar-refractivity contribution in [2.45, 2.75) is 49.4 Å². The Balaban J connectivity index is 1.67. The Morgan fingerprint density at radius 3 is 2.43 bits per heavy atom. The summed E-state index contributed by atoms with van der Waals surface area (Å²) in [5.74, 6) is 2.72. The zero-order valence-electron chi connectivity index (χ0n) is 9.00. The van der Waals surface area contributed by atoms with Crippen LogP contribution in [0.15, 0.2) is 0 Å². The van der Waals surface area contributed by atoms with Gasteiger partial charge in [-0.2, -0.15) is 23.5 Å². The third-order valence-corrected chi connectivity index (χ3v) is 5.71. The molecule has 2 aliphatic rings. The van der Waals surface area contributed by atoms with Crippen molar-refractivity contribution in [3.05, 3.63) is 0 Å². The molecule has 0 spiro atoms. The lowest BCUT2D eigenvalue weighted by atomic mass is 9.94. The molecule has 1 heterocycles. The van der Waals surface area contributed by atoms with Crippen LogP contribution < -0.4 is 5.32 Å². The molecular weight excluding hydrogens is 210 g/mol. The van der Waals surface area contributed by atoms with Crippen LogP contribution in [0.1, 0.15) is 32.1 Å². The minimum atomic E-state index is 0.829. The third kappa shape index (κ3) is 3.07. The van der Waals surface area contributed by atoms with Gasteiger partial charge in [-0.05, 0) is 44.1 Å². The van der Waals surface area contributed by atoms with E-state index in [9.17, 15) is 0 Å². The molecule has 1 N–H and O–H groups in total. The van der Waals surface area contributed by atoms with E-state index in [-0.39, 0.29) is 0 Å². The van der Waals surface area contributed by atoms with Crippen LogP contribution in [0.2, 0.25) is 0 Å². The van der Waals surface area contributed by atoms with Crippen LogP contribution in [0.3, 0.4) is 0 Å². The molecule has 3 heteroatoms. The second-order valence-corrected chi connectivity index (χ2v) is 6.72. The fraction of sp³-hybridized carbons (Fsp3) is 1.00. The van der Waals surface area contributed by atoms with Crippen LogP contribution in [-0.2, 0) is 0 Å². The van der Waals surface area contributed by atoms with Gasteiger partial charge in [-0.15, -0.1) is 0 Å². The molecule has 1 saturated heterocycles. The van der Waals surface area contributed by atoms with Gasteiger partial charge in [-0.3, -0.25) is 0 Å². The van der Waals surface area contributed by atoms with Gasteiger partial charge in [-0.25, -0.2) is 0 Å².